The highest BCUT2D eigenvalue weighted by Gasteiger charge is 2.10. The Labute approximate surface area is 113 Å². The number of amides is 1. The van der Waals surface area contributed by atoms with E-state index < -0.39 is 5.91 Å². The second-order valence-corrected chi connectivity index (χ2v) is 4.30. The van der Waals surface area contributed by atoms with Crippen LogP contribution >= 0.6 is 0 Å². The zero-order chi connectivity index (χ0) is 14.1. The minimum Gasteiger partial charge on any atom is -0.508 e. The lowest BCUT2D eigenvalue weighted by molar-refractivity contribution is 0.0952. The van der Waals surface area contributed by atoms with Crippen LogP contribution in [0.3, 0.4) is 0 Å². The Hall–Kier alpha value is -2.04. The van der Waals surface area contributed by atoms with E-state index in [-0.39, 0.29) is 17.1 Å². The van der Waals surface area contributed by atoms with Crippen molar-refractivity contribution in [3.63, 3.8) is 0 Å². The first-order valence-corrected chi connectivity index (χ1v) is 6.49. The Morgan fingerprint density at radius 2 is 2.11 bits per heavy atom. The number of aromatic hydroxyl groups is 2. The number of benzene rings is 1. The first kappa shape index (κ1) is 15.0. The van der Waals surface area contributed by atoms with Gasteiger partial charge in [0.05, 0.1) is 5.56 Å². The van der Waals surface area contributed by atoms with E-state index in [2.05, 4.69) is 17.5 Å². The van der Waals surface area contributed by atoms with Gasteiger partial charge in [-0.25, -0.2) is 5.43 Å². The van der Waals surface area contributed by atoms with Gasteiger partial charge in [-0.3, -0.25) is 4.79 Å². The summed E-state index contributed by atoms with van der Waals surface area (Å²) >= 11 is 0. The Balaban J connectivity index is 2.38. The van der Waals surface area contributed by atoms with Crippen molar-refractivity contribution < 1.29 is 15.0 Å². The lowest BCUT2D eigenvalue weighted by Gasteiger charge is -2.03. The van der Waals surface area contributed by atoms with Crippen molar-refractivity contribution in [2.24, 2.45) is 5.10 Å². The molecule has 19 heavy (non-hydrogen) atoms. The summed E-state index contributed by atoms with van der Waals surface area (Å²) in [4.78, 5) is 11.7. The third kappa shape index (κ3) is 5.42. The van der Waals surface area contributed by atoms with Gasteiger partial charge in [-0.15, -0.1) is 0 Å². The van der Waals surface area contributed by atoms with E-state index in [0.29, 0.717) is 0 Å². The first-order valence-electron chi connectivity index (χ1n) is 6.49. The molecule has 0 aliphatic carbocycles. The predicted molar refractivity (Wildman–Crippen MR) is 74.5 cm³/mol. The van der Waals surface area contributed by atoms with E-state index in [1.807, 2.05) is 0 Å². The van der Waals surface area contributed by atoms with Gasteiger partial charge >= 0.3 is 0 Å². The third-order valence-electron chi connectivity index (χ3n) is 2.67. The van der Waals surface area contributed by atoms with Crippen LogP contribution in [0, 0.1) is 0 Å². The number of hydrogen-bond acceptors (Lipinski definition) is 4. The van der Waals surface area contributed by atoms with E-state index in [1.165, 1.54) is 31.0 Å². The van der Waals surface area contributed by atoms with Crippen LogP contribution in [-0.2, 0) is 0 Å². The Morgan fingerprint density at radius 3 is 2.84 bits per heavy atom. The fourth-order valence-corrected chi connectivity index (χ4v) is 1.60. The quantitative estimate of drug-likeness (QED) is 0.306. The van der Waals surface area contributed by atoms with Crippen LogP contribution in [0.2, 0.25) is 0 Å². The molecule has 0 radical (unpaired) electrons. The lowest BCUT2D eigenvalue weighted by Crippen LogP contribution is -2.17. The summed E-state index contributed by atoms with van der Waals surface area (Å²) in [6.45, 7) is 2.15. The first-order chi connectivity index (χ1) is 9.15. The predicted octanol–water partition coefficient (Wildman–Crippen LogP) is 2.78. The number of nitrogens with zero attached hydrogens (tertiary/aromatic N) is 1. The SMILES string of the molecule is CCCCCC/C=N\NC(=O)c1cc(O)ccc1O. The van der Waals surface area contributed by atoms with Crippen LogP contribution in [0.4, 0.5) is 0 Å². The molecule has 0 aliphatic heterocycles. The molecule has 0 spiro atoms. The topological polar surface area (TPSA) is 81.9 Å². The molecule has 0 saturated carbocycles. The minimum absolute atomic E-state index is 0.00290. The van der Waals surface area contributed by atoms with Crippen LogP contribution < -0.4 is 5.43 Å². The maximum atomic E-state index is 11.7. The Kier molecular flexibility index (Phi) is 6.43. The molecule has 0 aliphatic rings. The molecule has 3 N–H and O–H groups in total. The fraction of sp³-hybridized carbons (Fsp3) is 0.429. The molecule has 1 aromatic rings. The van der Waals surface area contributed by atoms with Crippen molar-refractivity contribution in [1.29, 1.82) is 0 Å². The molecule has 1 aromatic carbocycles. The van der Waals surface area contributed by atoms with Gasteiger partial charge in [0.1, 0.15) is 11.5 Å². The van der Waals surface area contributed by atoms with Crippen LogP contribution in [0.1, 0.15) is 49.4 Å². The molecule has 1 rings (SSSR count). The second-order valence-electron chi connectivity index (χ2n) is 4.30. The standard InChI is InChI=1S/C14H20N2O3/c1-2-3-4-5-6-9-15-16-14(19)12-10-11(17)7-8-13(12)18/h7-10,17-18H,2-6H2,1H3,(H,16,19)/b15-9-. The molecule has 0 fully saturated rings. The van der Waals surface area contributed by atoms with Crippen molar-refractivity contribution in [2.45, 2.75) is 39.0 Å². The number of carbonyl (C=O) groups is 1. The summed E-state index contributed by atoms with van der Waals surface area (Å²) in [6, 6.07) is 3.77. The van der Waals surface area contributed by atoms with Crippen molar-refractivity contribution in [2.75, 3.05) is 0 Å². The van der Waals surface area contributed by atoms with Crippen LogP contribution in [-0.4, -0.2) is 22.3 Å². The number of hydrazone groups is 1. The number of phenols is 2. The molecule has 5 nitrogen and oxygen atoms in total. The van der Waals surface area contributed by atoms with Gasteiger partial charge in [-0.1, -0.05) is 26.2 Å². The fourth-order valence-electron chi connectivity index (χ4n) is 1.60. The van der Waals surface area contributed by atoms with E-state index in [1.54, 1.807) is 6.21 Å². The van der Waals surface area contributed by atoms with E-state index in [0.717, 1.165) is 19.3 Å². The summed E-state index contributed by atoms with van der Waals surface area (Å²) in [7, 11) is 0. The lowest BCUT2D eigenvalue weighted by atomic mass is 10.2. The Morgan fingerprint density at radius 1 is 1.32 bits per heavy atom. The van der Waals surface area contributed by atoms with E-state index in [4.69, 9.17) is 0 Å². The molecule has 0 unspecified atom stereocenters. The summed E-state index contributed by atoms with van der Waals surface area (Å²) in [6.07, 6.45) is 7.05. The number of rotatable bonds is 7. The average Bonchev–Trinajstić information content (AvgIpc) is 2.40. The van der Waals surface area contributed by atoms with Gasteiger partial charge in [0.25, 0.3) is 5.91 Å². The smallest absolute Gasteiger partial charge is 0.275 e. The van der Waals surface area contributed by atoms with Gasteiger partial charge in [0.15, 0.2) is 0 Å². The largest absolute Gasteiger partial charge is 0.508 e. The zero-order valence-electron chi connectivity index (χ0n) is 11.1. The van der Waals surface area contributed by atoms with Crippen molar-refractivity contribution in [3.8, 4) is 11.5 Å². The van der Waals surface area contributed by atoms with Gasteiger partial charge in [-0.05, 0) is 31.0 Å². The highest BCUT2D eigenvalue weighted by atomic mass is 16.3. The molecule has 0 aromatic heterocycles. The minimum atomic E-state index is -0.543. The van der Waals surface area contributed by atoms with Crippen molar-refractivity contribution in [3.05, 3.63) is 23.8 Å². The summed E-state index contributed by atoms with van der Waals surface area (Å²) in [5.41, 5.74) is 2.32. The van der Waals surface area contributed by atoms with Crippen LogP contribution in [0.15, 0.2) is 23.3 Å². The number of nitrogens with one attached hydrogen (secondary N) is 1. The van der Waals surface area contributed by atoms with Gasteiger partial charge < -0.3 is 10.2 Å². The number of unbranched alkanes of at least 4 members (excludes halogenated alkanes) is 4. The molecule has 104 valence electrons. The maximum absolute atomic E-state index is 11.7. The Bertz CT molecular complexity index is 444. The summed E-state index contributed by atoms with van der Waals surface area (Å²) in [5, 5.41) is 22.5. The molecule has 0 atom stereocenters. The van der Waals surface area contributed by atoms with E-state index >= 15 is 0 Å². The molecule has 0 heterocycles. The molecular weight excluding hydrogens is 244 g/mol. The average molecular weight is 264 g/mol. The number of phenolic OH excluding ortho intramolecular Hbond substituents is 2. The molecule has 5 heteroatoms. The van der Waals surface area contributed by atoms with Crippen LogP contribution in [0.25, 0.3) is 0 Å². The van der Waals surface area contributed by atoms with E-state index in [9.17, 15) is 15.0 Å². The zero-order valence-corrected chi connectivity index (χ0v) is 11.1. The summed E-state index contributed by atoms with van der Waals surface area (Å²) < 4.78 is 0. The monoisotopic (exact) mass is 264 g/mol. The molecule has 0 saturated heterocycles. The van der Waals surface area contributed by atoms with Crippen LogP contribution in [0.5, 0.6) is 11.5 Å². The van der Waals surface area contributed by atoms with Crippen molar-refractivity contribution >= 4 is 12.1 Å². The van der Waals surface area contributed by atoms with Crippen molar-refractivity contribution in [1.82, 2.24) is 5.43 Å². The second kappa shape index (κ2) is 8.13. The third-order valence-corrected chi connectivity index (χ3v) is 2.67. The normalized spacial score (nSPS) is 10.8. The number of carbonyl (C=O) groups excluding carboxylic acids is 1. The summed E-state index contributed by atoms with van der Waals surface area (Å²) in [5.74, 6) is -0.807. The number of hydrogen-bond donors (Lipinski definition) is 3. The van der Waals surface area contributed by atoms with Gasteiger partial charge in [0, 0.05) is 6.21 Å². The maximum Gasteiger partial charge on any atom is 0.275 e. The van der Waals surface area contributed by atoms with Gasteiger partial charge in [-0.2, -0.15) is 5.10 Å². The molecular formula is C14H20N2O3. The molecule has 0 bridgehead atoms. The van der Waals surface area contributed by atoms with Gasteiger partial charge in [0.2, 0.25) is 0 Å². The molecule has 1 amide bonds. The highest BCUT2D eigenvalue weighted by molar-refractivity contribution is 5.97. The highest BCUT2D eigenvalue weighted by Crippen LogP contribution is 2.21.